The Balaban J connectivity index is 2.96. The highest BCUT2D eigenvalue weighted by Gasteiger charge is 2.11. The molecule has 1 aromatic carbocycles. The Kier molecular flexibility index (Phi) is 4.73. The van der Waals surface area contributed by atoms with Crippen molar-refractivity contribution < 1.29 is 19.1 Å². The van der Waals surface area contributed by atoms with Gasteiger partial charge in [0, 0.05) is 6.92 Å². The molecule has 3 nitrogen and oxygen atoms in total. The van der Waals surface area contributed by atoms with E-state index < -0.39 is 11.8 Å². The van der Waals surface area contributed by atoms with Crippen LogP contribution in [-0.4, -0.2) is 21.9 Å². The highest BCUT2D eigenvalue weighted by Crippen LogP contribution is 2.12. The second-order valence-electron chi connectivity index (χ2n) is 3.05. The van der Waals surface area contributed by atoms with Gasteiger partial charge in [-0.3, -0.25) is 4.79 Å². The molecule has 88 valence electrons. The van der Waals surface area contributed by atoms with Crippen LogP contribution in [0.3, 0.4) is 0 Å². The Bertz CT molecular complexity index is 514. The van der Waals surface area contributed by atoms with Crippen molar-refractivity contribution in [3.05, 3.63) is 35.1 Å². The predicted molar refractivity (Wildman–Crippen MR) is 63.4 cm³/mol. The van der Waals surface area contributed by atoms with Crippen molar-refractivity contribution in [2.75, 3.05) is 5.75 Å². The van der Waals surface area contributed by atoms with E-state index in [0.29, 0.717) is 0 Å². The van der Waals surface area contributed by atoms with Crippen LogP contribution in [0.2, 0.25) is 0 Å². The van der Waals surface area contributed by atoms with Crippen molar-refractivity contribution in [3.8, 4) is 11.8 Å². The molecule has 0 bridgehead atoms. The summed E-state index contributed by atoms with van der Waals surface area (Å²) in [5.41, 5.74) is -0.325. The Hall–Kier alpha value is -1.80. The lowest BCUT2D eigenvalue weighted by atomic mass is 10.1. The van der Waals surface area contributed by atoms with E-state index in [9.17, 15) is 14.0 Å². The van der Waals surface area contributed by atoms with Gasteiger partial charge in [0.2, 0.25) is 0 Å². The number of carboxylic acids is 1. The van der Waals surface area contributed by atoms with Gasteiger partial charge in [0.25, 0.3) is 0 Å². The van der Waals surface area contributed by atoms with Crippen LogP contribution in [0.4, 0.5) is 4.39 Å². The topological polar surface area (TPSA) is 54.4 Å². The minimum absolute atomic E-state index is 0.0914. The summed E-state index contributed by atoms with van der Waals surface area (Å²) < 4.78 is 13.4. The predicted octanol–water partition coefficient (Wildman–Crippen LogP) is 2.16. The molecule has 0 radical (unpaired) electrons. The van der Waals surface area contributed by atoms with Crippen LogP contribution >= 0.6 is 11.8 Å². The minimum atomic E-state index is -1.23. The number of halogens is 1. The van der Waals surface area contributed by atoms with Crippen LogP contribution in [0.25, 0.3) is 0 Å². The normalized spacial score (nSPS) is 9.29. The number of aromatic carboxylic acids is 1. The Labute approximate surface area is 102 Å². The fourth-order valence-electron chi connectivity index (χ4n) is 1.09. The molecule has 0 spiro atoms. The lowest BCUT2D eigenvalue weighted by Crippen LogP contribution is -2.02. The second-order valence-corrected chi connectivity index (χ2v) is 4.20. The lowest BCUT2D eigenvalue weighted by molar-refractivity contribution is -0.109. The molecule has 1 N–H and O–H groups in total. The second kappa shape index (κ2) is 6.06. The van der Waals surface area contributed by atoms with Crippen LogP contribution < -0.4 is 0 Å². The van der Waals surface area contributed by atoms with Crippen molar-refractivity contribution in [1.82, 2.24) is 0 Å². The zero-order chi connectivity index (χ0) is 12.8. The van der Waals surface area contributed by atoms with E-state index in [2.05, 4.69) is 11.8 Å². The van der Waals surface area contributed by atoms with E-state index in [4.69, 9.17) is 5.11 Å². The summed E-state index contributed by atoms with van der Waals surface area (Å²) in [4.78, 5) is 21.4. The zero-order valence-electron chi connectivity index (χ0n) is 8.99. The first kappa shape index (κ1) is 13.3. The van der Waals surface area contributed by atoms with Crippen molar-refractivity contribution in [2.24, 2.45) is 0 Å². The highest BCUT2D eigenvalue weighted by molar-refractivity contribution is 8.13. The fraction of sp³-hybridized carbons (Fsp3) is 0.167. The molecule has 1 aromatic rings. The van der Waals surface area contributed by atoms with Gasteiger partial charge < -0.3 is 5.11 Å². The molecule has 0 fully saturated rings. The first-order valence-electron chi connectivity index (χ1n) is 4.66. The molecule has 0 aliphatic rings. The van der Waals surface area contributed by atoms with Crippen molar-refractivity contribution in [1.29, 1.82) is 0 Å². The number of carboxylic acid groups (broad SMARTS) is 1. The van der Waals surface area contributed by atoms with Gasteiger partial charge in [-0.15, -0.1) is 0 Å². The number of thioether (sulfide) groups is 1. The molecule has 0 saturated carbocycles. The molecule has 0 amide bonds. The SMILES string of the molecule is CC(=O)SCC#Cc1c(F)cccc1C(=O)O. The first-order valence-corrected chi connectivity index (χ1v) is 5.65. The third kappa shape index (κ3) is 3.93. The summed E-state index contributed by atoms with van der Waals surface area (Å²) in [6.45, 7) is 1.40. The summed E-state index contributed by atoms with van der Waals surface area (Å²) in [6.07, 6.45) is 0. The molecule has 5 heteroatoms. The van der Waals surface area contributed by atoms with Gasteiger partial charge in [-0.05, 0) is 12.1 Å². The summed E-state index contributed by atoms with van der Waals surface area (Å²) >= 11 is 0.988. The standard InChI is InChI=1S/C12H9FO3S/c1-8(14)17-7-3-5-9-10(12(15)16)4-2-6-11(9)13/h2,4,6H,7H2,1H3,(H,15,16). The number of rotatable bonds is 2. The van der Waals surface area contributed by atoms with E-state index in [1.165, 1.54) is 19.1 Å². The van der Waals surface area contributed by atoms with Crippen molar-refractivity contribution in [3.63, 3.8) is 0 Å². The molecule has 0 heterocycles. The maximum absolute atomic E-state index is 13.4. The Morgan fingerprint density at radius 3 is 2.76 bits per heavy atom. The monoisotopic (exact) mass is 252 g/mol. The van der Waals surface area contributed by atoms with Crippen LogP contribution in [0.15, 0.2) is 18.2 Å². The summed E-state index contributed by atoms with van der Waals surface area (Å²) in [5.74, 6) is 3.30. The van der Waals surface area contributed by atoms with E-state index in [1.807, 2.05) is 0 Å². The average Bonchev–Trinajstić information content (AvgIpc) is 2.25. The number of carbonyl (C=O) groups is 2. The van der Waals surface area contributed by atoms with Crippen LogP contribution in [0, 0.1) is 17.7 Å². The smallest absolute Gasteiger partial charge is 0.337 e. The van der Waals surface area contributed by atoms with E-state index >= 15 is 0 Å². The number of benzene rings is 1. The van der Waals surface area contributed by atoms with Gasteiger partial charge in [-0.2, -0.15) is 0 Å². The van der Waals surface area contributed by atoms with Crippen molar-refractivity contribution in [2.45, 2.75) is 6.92 Å². The largest absolute Gasteiger partial charge is 0.478 e. The molecule has 0 saturated heterocycles. The minimum Gasteiger partial charge on any atom is -0.478 e. The summed E-state index contributed by atoms with van der Waals surface area (Å²) in [5, 5.41) is 8.75. The van der Waals surface area contributed by atoms with E-state index in [0.717, 1.165) is 17.8 Å². The van der Waals surface area contributed by atoms with Gasteiger partial charge in [0.05, 0.1) is 16.9 Å². The number of hydrogen-bond donors (Lipinski definition) is 1. The van der Waals surface area contributed by atoms with Gasteiger partial charge in [0.1, 0.15) is 5.82 Å². The fourth-order valence-corrected chi connectivity index (χ4v) is 1.44. The Morgan fingerprint density at radius 1 is 1.47 bits per heavy atom. The summed E-state index contributed by atoms with van der Waals surface area (Å²) in [6, 6.07) is 3.75. The maximum atomic E-state index is 13.4. The van der Waals surface area contributed by atoms with Gasteiger partial charge in [-0.25, -0.2) is 9.18 Å². The molecule has 1 rings (SSSR count). The lowest BCUT2D eigenvalue weighted by Gasteiger charge is -1.99. The molecule has 0 atom stereocenters. The van der Waals surface area contributed by atoms with Crippen LogP contribution in [0.5, 0.6) is 0 Å². The van der Waals surface area contributed by atoms with Crippen molar-refractivity contribution >= 4 is 22.8 Å². The first-order chi connectivity index (χ1) is 8.02. The quantitative estimate of drug-likeness (QED) is 0.819. The van der Waals surface area contributed by atoms with Gasteiger partial charge in [0.15, 0.2) is 5.12 Å². The summed E-state index contributed by atoms with van der Waals surface area (Å²) in [7, 11) is 0. The molecular formula is C12H9FO3S. The molecular weight excluding hydrogens is 243 g/mol. The Morgan fingerprint density at radius 2 is 2.18 bits per heavy atom. The maximum Gasteiger partial charge on any atom is 0.337 e. The highest BCUT2D eigenvalue weighted by atomic mass is 32.2. The van der Waals surface area contributed by atoms with Crippen LogP contribution in [-0.2, 0) is 4.79 Å². The third-order valence-electron chi connectivity index (χ3n) is 1.81. The molecule has 0 aliphatic heterocycles. The molecule has 0 unspecified atom stereocenters. The molecule has 0 aromatic heterocycles. The number of hydrogen-bond acceptors (Lipinski definition) is 3. The number of carbonyl (C=O) groups excluding carboxylic acids is 1. The van der Waals surface area contributed by atoms with Gasteiger partial charge in [-0.1, -0.05) is 29.7 Å². The van der Waals surface area contributed by atoms with Crippen LogP contribution in [0.1, 0.15) is 22.8 Å². The molecule has 0 aliphatic carbocycles. The average molecular weight is 252 g/mol. The van der Waals surface area contributed by atoms with E-state index in [1.54, 1.807) is 0 Å². The zero-order valence-corrected chi connectivity index (χ0v) is 9.81. The van der Waals surface area contributed by atoms with Gasteiger partial charge >= 0.3 is 5.97 Å². The molecule has 17 heavy (non-hydrogen) atoms. The third-order valence-corrected chi connectivity index (χ3v) is 2.50. The van der Waals surface area contributed by atoms with E-state index in [-0.39, 0.29) is 22.0 Å².